The minimum absolute atomic E-state index is 0.0904. The molecule has 0 aromatic carbocycles. The van der Waals surface area contributed by atoms with Gasteiger partial charge in [0.15, 0.2) is 6.29 Å². The molecule has 2 aliphatic rings. The lowest BCUT2D eigenvalue weighted by molar-refractivity contribution is -0.364. The molecule has 0 aromatic heterocycles. The first-order chi connectivity index (χ1) is 17.0. The highest BCUT2D eigenvalue weighted by molar-refractivity contribution is 7.99. The van der Waals surface area contributed by atoms with Crippen LogP contribution in [-0.2, 0) is 23.7 Å². The summed E-state index contributed by atoms with van der Waals surface area (Å²) in [5, 5.41) is 89.9. The molecule has 11 atom stereocenters. The minimum atomic E-state index is -2.43. The van der Waals surface area contributed by atoms with Gasteiger partial charge in [0.25, 0.3) is 5.79 Å². The van der Waals surface area contributed by atoms with E-state index in [0.717, 1.165) is 0 Å². The second-order valence-corrected chi connectivity index (χ2v) is 9.78. The number of carbonyl (C=O) groups is 1. The van der Waals surface area contributed by atoms with Crippen LogP contribution in [0.2, 0.25) is 0 Å². The highest BCUT2D eigenvalue weighted by atomic mass is 32.2. The summed E-state index contributed by atoms with van der Waals surface area (Å²) in [7, 11) is 0. The zero-order valence-corrected chi connectivity index (χ0v) is 20.3. The predicted octanol–water partition coefficient (Wildman–Crippen LogP) is -5.09. The molecular formula is C20H37NO14S. The number of hydrogen-bond acceptors (Lipinski definition) is 15. The van der Waals surface area contributed by atoms with Crippen LogP contribution in [0.25, 0.3) is 0 Å². The van der Waals surface area contributed by atoms with Crippen molar-refractivity contribution in [1.29, 1.82) is 0 Å². The zero-order valence-electron chi connectivity index (χ0n) is 19.5. The molecule has 0 radical (unpaired) electrons. The van der Waals surface area contributed by atoms with Crippen LogP contribution in [0.3, 0.4) is 0 Å². The molecule has 0 saturated carbocycles. The summed E-state index contributed by atoms with van der Waals surface area (Å²) in [5.41, 5.74) is 5.43. The van der Waals surface area contributed by atoms with Gasteiger partial charge >= 0.3 is 5.97 Å². The van der Waals surface area contributed by atoms with Crippen LogP contribution in [0.1, 0.15) is 12.8 Å². The highest BCUT2D eigenvalue weighted by Gasteiger charge is 2.57. The summed E-state index contributed by atoms with van der Waals surface area (Å²) in [6, 6.07) is 0. The van der Waals surface area contributed by atoms with Crippen molar-refractivity contribution >= 4 is 17.7 Å². The Morgan fingerprint density at radius 3 is 2.22 bits per heavy atom. The van der Waals surface area contributed by atoms with E-state index in [9.17, 15) is 50.8 Å². The second-order valence-electron chi connectivity index (χ2n) is 8.55. The standard InChI is InChI=1S/C20H37NO14S/c21-2-5-36-4-1-3-32-20(19(30)31)6-11(12(26)17(35-20)10(25)8-23)33-18-15(29)13(27)14(28)16(34-18)9(24)7-22/h9-18,22-29H,1-8,21H2,(H,30,31)/t9-,10+,11+,12+,13-,14-,15-,16+,17+,18-,20+/m0/s1. The molecule has 0 aliphatic carbocycles. The number of aliphatic hydroxyl groups excluding tert-OH is 8. The van der Waals surface area contributed by atoms with E-state index in [0.29, 0.717) is 24.5 Å². The maximum Gasteiger partial charge on any atom is 0.364 e. The molecule has 2 aliphatic heterocycles. The van der Waals surface area contributed by atoms with E-state index in [-0.39, 0.29) is 6.61 Å². The first kappa shape index (κ1) is 31.5. The fourth-order valence-electron chi connectivity index (χ4n) is 3.93. The van der Waals surface area contributed by atoms with Crippen molar-refractivity contribution in [3.63, 3.8) is 0 Å². The molecule has 0 amide bonds. The lowest BCUT2D eigenvalue weighted by Crippen LogP contribution is -2.66. The molecule has 11 N–H and O–H groups in total. The summed E-state index contributed by atoms with van der Waals surface area (Å²) in [6.07, 6.45) is -17.7. The normalized spacial score (nSPS) is 39.0. The number of thioether (sulfide) groups is 1. The molecular weight excluding hydrogens is 510 g/mol. The van der Waals surface area contributed by atoms with Crippen LogP contribution in [-0.4, -0.2) is 157 Å². The Labute approximate surface area is 211 Å². The van der Waals surface area contributed by atoms with Gasteiger partial charge in [0, 0.05) is 18.7 Å². The van der Waals surface area contributed by atoms with Crippen molar-refractivity contribution in [2.75, 3.05) is 37.9 Å². The summed E-state index contributed by atoms with van der Waals surface area (Å²) < 4.78 is 21.9. The smallest absolute Gasteiger partial charge is 0.364 e. The van der Waals surface area contributed by atoms with Crippen LogP contribution >= 0.6 is 11.8 Å². The Balaban J connectivity index is 2.24. The number of aliphatic carboxylic acids is 1. The van der Waals surface area contributed by atoms with Crippen molar-refractivity contribution < 1.29 is 69.7 Å². The molecule has 0 bridgehead atoms. The van der Waals surface area contributed by atoms with Crippen molar-refractivity contribution in [1.82, 2.24) is 0 Å². The molecule has 0 aromatic rings. The first-order valence-corrected chi connectivity index (χ1v) is 12.6. The Kier molecular flexibility index (Phi) is 12.7. The van der Waals surface area contributed by atoms with Gasteiger partial charge in [0.05, 0.1) is 25.9 Å². The second kappa shape index (κ2) is 14.5. The fourth-order valence-corrected chi connectivity index (χ4v) is 4.62. The van der Waals surface area contributed by atoms with Crippen LogP contribution in [0.4, 0.5) is 0 Å². The Hall–Kier alpha value is -0.700. The lowest BCUT2D eigenvalue weighted by Gasteiger charge is -2.48. The maximum atomic E-state index is 12.2. The van der Waals surface area contributed by atoms with Crippen LogP contribution in [0.15, 0.2) is 0 Å². The van der Waals surface area contributed by atoms with Gasteiger partial charge in [-0.15, -0.1) is 0 Å². The minimum Gasteiger partial charge on any atom is -0.477 e. The van der Waals surface area contributed by atoms with Crippen molar-refractivity contribution in [2.45, 2.75) is 79.9 Å². The van der Waals surface area contributed by atoms with E-state index in [1.54, 1.807) is 0 Å². The van der Waals surface area contributed by atoms with Gasteiger partial charge in [0.2, 0.25) is 0 Å². The molecule has 2 fully saturated rings. The number of aliphatic hydroxyl groups is 8. The van der Waals surface area contributed by atoms with Gasteiger partial charge in [0.1, 0.15) is 48.8 Å². The van der Waals surface area contributed by atoms with Crippen LogP contribution in [0.5, 0.6) is 0 Å². The SMILES string of the molecule is NCCSCCCO[C@]1(C(=O)O)C[C@@H](O[C@H]2O[C@H]([C@@H](O)CO)[C@@H](O)[C@H](O)[C@@H]2O)[C@@H](O)[C@@H]([C@H](O)CO)O1. The van der Waals surface area contributed by atoms with Gasteiger partial charge < -0.3 is 70.6 Å². The molecule has 2 heterocycles. The van der Waals surface area contributed by atoms with Crippen molar-refractivity contribution in [3.05, 3.63) is 0 Å². The van der Waals surface area contributed by atoms with E-state index >= 15 is 0 Å². The summed E-state index contributed by atoms with van der Waals surface area (Å²) >= 11 is 1.53. The largest absolute Gasteiger partial charge is 0.477 e. The van der Waals surface area contributed by atoms with Gasteiger partial charge in [-0.05, 0) is 12.2 Å². The van der Waals surface area contributed by atoms with E-state index in [1.807, 2.05) is 0 Å². The number of hydrogen-bond donors (Lipinski definition) is 10. The first-order valence-electron chi connectivity index (χ1n) is 11.5. The fraction of sp³-hybridized carbons (Fsp3) is 0.950. The van der Waals surface area contributed by atoms with E-state index in [1.165, 1.54) is 11.8 Å². The molecule has 0 unspecified atom stereocenters. The quantitative estimate of drug-likeness (QED) is 0.0912. The number of carboxylic acids is 1. The van der Waals surface area contributed by atoms with Crippen molar-refractivity contribution in [3.8, 4) is 0 Å². The average molecular weight is 548 g/mol. The third kappa shape index (κ3) is 7.45. The van der Waals surface area contributed by atoms with Crippen LogP contribution < -0.4 is 5.73 Å². The molecule has 16 heteroatoms. The summed E-state index contributed by atoms with van der Waals surface area (Å²) in [5.74, 6) is -2.73. The third-order valence-electron chi connectivity index (χ3n) is 5.92. The van der Waals surface area contributed by atoms with Gasteiger partial charge in [-0.1, -0.05) is 0 Å². The summed E-state index contributed by atoms with van der Waals surface area (Å²) in [4.78, 5) is 12.2. The Bertz CT molecular complexity index is 678. The summed E-state index contributed by atoms with van der Waals surface area (Å²) in [6.45, 7) is -1.38. The lowest BCUT2D eigenvalue weighted by atomic mass is 9.91. The van der Waals surface area contributed by atoms with Gasteiger partial charge in [-0.2, -0.15) is 11.8 Å². The number of nitrogens with two attached hydrogens (primary N) is 1. The zero-order chi connectivity index (χ0) is 27.0. The molecule has 2 saturated heterocycles. The molecule has 36 heavy (non-hydrogen) atoms. The van der Waals surface area contributed by atoms with Gasteiger partial charge in [-0.25, -0.2) is 4.79 Å². The molecule has 212 valence electrons. The molecule has 15 nitrogen and oxygen atoms in total. The average Bonchev–Trinajstić information content (AvgIpc) is 2.86. The van der Waals surface area contributed by atoms with Gasteiger partial charge in [-0.3, -0.25) is 0 Å². The number of rotatable bonds is 14. The number of carboxylic acid groups (broad SMARTS) is 1. The van der Waals surface area contributed by atoms with E-state index in [4.69, 9.17) is 24.7 Å². The monoisotopic (exact) mass is 547 g/mol. The topological polar surface area (TPSA) is 262 Å². The number of ether oxygens (including phenoxy) is 4. The third-order valence-corrected chi connectivity index (χ3v) is 7.02. The molecule has 0 spiro atoms. The Morgan fingerprint density at radius 1 is 1.00 bits per heavy atom. The predicted molar refractivity (Wildman–Crippen MR) is 121 cm³/mol. The van der Waals surface area contributed by atoms with E-state index in [2.05, 4.69) is 0 Å². The molecule has 2 rings (SSSR count). The van der Waals surface area contributed by atoms with Crippen molar-refractivity contribution in [2.24, 2.45) is 5.73 Å². The van der Waals surface area contributed by atoms with Crippen LogP contribution in [0, 0.1) is 0 Å². The maximum absolute atomic E-state index is 12.2. The Morgan fingerprint density at radius 2 is 1.64 bits per heavy atom. The highest BCUT2D eigenvalue weighted by Crippen LogP contribution is 2.36. The van der Waals surface area contributed by atoms with E-state index < -0.39 is 92.6 Å².